The third kappa shape index (κ3) is 7.29. The monoisotopic (exact) mass is 804 g/mol. The third-order valence-electron chi connectivity index (χ3n) is 7.60. The molecule has 5 heteroatoms. The van der Waals surface area contributed by atoms with Crippen LogP contribution < -0.4 is 5.19 Å². The van der Waals surface area contributed by atoms with Crippen LogP contribution in [0.15, 0.2) is 126 Å². The van der Waals surface area contributed by atoms with Gasteiger partial charge in [0.15, 0.2) is 0 Å². The molecule has 0 aliphatic heterocycles. The van der Waals surface area contributed by atoms with Crippen molar-refractivity contribution >= 4 is 35.2 Å². The Labute approximate surface area is 299 Å². The van der Waals surface area contributed by atoms with Crippen LogP contribution >= 0.6 is 0 Å². The maximum Gasteiger partial charge on any atom is 0.121 e. The molecule has 7 aromatic rings. The van der Waals surface area contributed by atoms with E-state index in [1.165, 1.54) is 17.4 Å². The quantitative estimate of drug-likeness (QED) is 0.131. The standard InChI is InChI=1S/C27H22NO.C14H16NSi.Ir/c1-27(2,3)20-14-15-28-24(17-20)23-11-7-10-22-21-13-12-19(16-25(21)29-26(22)23)18-8-5-4-6-9-18;1-16(2,3)13-9-10-14(15-11-13)12-7-5-4-6-8-12;/h4-10,12-17H,1-3H3;4-7,9-11H,1-3H3;/q2*-1;/i1D3,2D3,3D3;;. The molecular formula is C41H38IrN2OSi-2. The average molecular weight is 804 g/mol. The second-order valence-corrected chi connectivity index (χ2v) is 17.0. The molecule has 0 atom stereocenters. The zero-order valence-electron chi connectivity index (χ0n) is 34.7. The third-order valence-corrected chi connectivity index (χ3v) is 9.63. The molecule has 7 rings (SSSR count). The molecule has 0 spiro atoms. The van der Waals surface area contributed by atoms with E-state index in [1.54, 1.807) is 6.07 Å². The van der Waals surface area contributed by atoms with Gasteiger partial charge >= 0.3 is 0 Å². The largest absolute Gasteiger partial charge is 0.501 e. The number of benzene rings is 4. The van der Waals surface area contributed by atoms with Crippen molar-refractivity contribution in [1.82, 2.24) is 9.97 Å². The fourth-order valence-corrected chi connectivity index (χ4v) is 6.13. The molecule has 0 saturated carbocycles. The zero-order valence-corrected chi connectivity index (χ0v) is 29.1. The maximum absolute atomic E-state index is 8.02. The van der Waals surface area contributed by atoms with Crippen molar-refractivity contribution < 1.29 is 36.9 Å². The van der Waals surface area contributed by atoms with Gasteiger partial charge in [0.2, 0.25) is 0 Å². The second kappa shape index (κ2) is 13.7. The van der Waals surface area contributed by atoms with Crippen LogP contribution in [0, 0.1) is 12.1 Å². The minimum absolute atomic E-state index is 0. The fourth-order valence-electron chi connectivity index (χ4n) is 5.09. The zero-order chi connectivity index (χ0) is 39.1. The van der Waals surface area contributed by atoms with Crippen molar-refractivity contribution in [2.24, 2.45) is 0 Å². The number of nitrogens with zero attached hydrogens (tertiary/aromatic N) is 2. The van der Waals surface area contributed by atoms with Crippen LogP contribution in [0.25, 0.3) is 55.6 Å². The van der Waals surface area contributed by atoms with Crippen LogP contribution in [0.4, 0.5) is 0 Å². The van der Waals surface area contributed by atoms with E-state index in [0.29, 0.717) is 16.7 Å². The number of hydrogen-bond acceptors (Lipinski definition) is 3. The Bertz CT molecular complexity index is 2350. The Morgan fingerprint density at radius 1 is 0.717 bits per heavy atom. The van der Waals surface area contributed by atoms with Gasteiger partial charge in [-0.15, -0.1) is 54.1 Å². The van der Waals surface area contributed by atoms with E-state index >= 15 is 0 Å². The first-order valence-electron chi connectivity index (χ1n) is 19.2. The molecule has 3 heterocycles. The summed E-state index contributed by atoms with van der Waals surface area (Å²) in [6, 6.07) is 40.0. The first kappa shape index (κ1) is 23.2. The van der Waals surface area contributed by atoms with Gasteiger partial charge in [0.05, 0.1) is 13.7 Å². The van der Waals surface area contributed by atoms with Crippen LogP contribution in [0.3, 0.4) is 0 Å². The number of rotatable bonds is 4. The Balaban J connectivity index is 0.000000286. The van der Waals surface area contributed by atoms with Crippen molar-refractivity contribution in [2.45, 2.75) is 45.6 Å². The summed E-state index contributed by atoms with van der Waals surface area (Å²) < 4.78 is 78.4. The van der Waals surface area contributed by atoms with Gasteiger partial charge in [-0.3, -0.25) is 0 Å². The fraction of sp³-hybridized carbons (Fsp3) is 0.171. The van der Waals surface area contributed by atoms with Gasteiger partial charge < -0.3 is 14.4 Å². The number of aromatic nitrogens is 2. The Kier molecular flexibility index (Phi) is 6.90. The summed E-state index contributed by atoms with van der Waals surface area (Å²) in [4.78, 5) is 8.83. The minimum Gasteiger partial charge on any atom is -0.501 e. The Hall–Kier alpha value is -4.15. The van der Waals surface area contributed by atoms with Gasteiger partial charge in [-0.1, -0.05) is 112 Å². The van der Waals surface area contributed by atoms with E-state index < -0.39 is 34.0 Å². The Morgan fingerprint density at radius 3 is 2.22 bits per heavy atom. The van der Waals surface area contributed by atoms with Gasteiger partial charge in [-0.05, 0) is 50.8 Å². The van der Waals surface area contributed by atoms with E-state index in [-0.39, 0.29) is 31.4 Å². The summed E-state index contributed by atoms with van der Waals surface area (Å²) in [6.45, 7) is -3.11. The van der Waals surface area contributed by atoms with Crippen LogP contribution in [0.5, 0.6) is 0 Å². The molecule has 0 bridgehead atoms. The summed E-state index contributed by atoms with van der Waals surface area (Å²) in [6.07, 6.45) is 3.23. The van der Waals surface area contributed by atoms with Gasteiger partial charge in [-0.2, -0.15) is 0 Å². The molecule has 0 saturated heterocycles. The van der Waals surface area contributed by atoms with Crippen molar-refractivity contribution in [1.29, 1.82) is 0 Å². The number of furan rings is 1. The number of fused-ring (bicyclic) bond motifs is 3. The SMILES string of the molecule is C[Si](C)(C)c1ccc(-c2[c-]cccc2)nc1.[2H]C([2H])([2H])C(c1ccnc(-c2[c-]ccc3c2oc2cc(-c4ccccc4)ccc23)c1)(C([2H])([2H])[2H])C([2H])([2H])[2H].[Ir]. The average Bonchev–Trinajstić information content (AvgIpc) is 3.49. The number of hydrogen-bond donors (Lipinski definition) is 0. The van der Waals surface area contributed by atoms with Crippen LogP contribution in [-0.4, -0.2) is 18.0 Å². The second-order valence-electron chi connectivity index (χ2n) is 11.9. The molecule has 3 aromatic heterocycles. The molecule has 1 radical (unpaired) electrons. The molecule has 233 valence electrons. The van der Waals surface area contributed by atoms with Gasteiger partial charge in [0.25, 0.3) is 0 Å². The predicted octanol–water partition coefficient (Wildman–Crippen LogP) is 10.5. The smallest absolute Gasteiger partial charge is 0.121 e. The summed E-state index contributed by atoms with van der Waals surface area (Å²) in [7, 11) is -1.23. The van der Waals surface area contributed by atoms with Gasteiger partial charge in [0, 0.05) is 50.2 Å². The van der Waals surface area contributed by atoms with E-state index in [1.807, 2.05) is 85.1 Å². The molecule has 46 heavy (non-hydrogen) atoms. The summed E-state index contributed by atoms with van der Waals surface area (Å²) in [5, 5.41) is 2.99. The molecule has 0 fully saturated rings. The van der Waals surface area contributed by atoms with E-state index in [0.717, 1.165) is 39.2 Å². The molecule has 4 aromatic carbocycles. The van der Waals surface area contributed by atoms with Crippen molar-refractivity contribution in [3.05, 3.63) is 139 Å². The summed E-state index contributed by atoms with van der Waals surface area (Å²) in [5.74, 6) is 0. The van der Waals surface area contributed by atoms with E-state index in [9.17, 15) is 0 Å². The normalized spacial score (nSPS) is 15.2. The van der Waals surface area contributed by atoms with Crippen LogP contribution in [-0.2, 0) is 25.5 Å². The van der Waals surface area contributed by atoms with E-state index in [4.69, 9.17) is 16.8 Å². The molecule has 0 unspecified atom stereocenters. The first-order chi connectivity index (χ1) is 25.3. The topological polar surface area (TPSA) is 38.9 Å². The minimum atomic E-state index is -3.37. The van der Waals surface area contributed by atoms with E-state index in [2.05, 4.69) is 53.9 Å². The summed E-state index contributed by atoms with van der Waals surface area (Å²) >= 11 is 0. The van der Waals surface area contributed by atoms with Crippen LogP contribution in [0.2, 0.25) is 19.6 Å². The van der Waals surface area contributed by atoms with Crippen molar-refractivity contribution in [2.75, 3.05) is 0 Å². The van der Waals surface area contributed by atoms with Crippen molar-refractivity contribution in [3.63, 3.8) is 0 Å². The van der Waals surface area contributed by atoms with Crippen LogP contribution in [0.1, 0.15) is 38.5 Å². The molecule has 0 amide bonds. The Morgan fingerprint density at radius 2 is 1.52 bits per heavy atom. The maximum atomic E-state index is 8.02. The molecular weight excluding hydrogens is 757 g/mol. The molecule has 0 aliphatic carbocycles. The van der Waals surface area contributed by atoms with Gasteiger partial charge in [-0.25, -0.2) is 0 Å². The summed E-state index contributed by atoms with van der Waals surface area (Å²) in [5.41, 5.74) is 2.07. The first-order valence-corrected chi connectivity index (χ1v) is 18.2. The predicted molar refractivity (Wildman–Crippen MR) is 191 cm³/mol. The molecule has 3 nitrogen and oxygen atoms in total. The molecule has 0 N–H and O–H groups in total. The van der Waals surface area contributed by atoms with Gasteiger partial charge in [0.1, 0.15) is 5.58 Å². The van der Waals surface area contributed by atoms with Crippen molar-refractivity contribution in [3.8, 4) is 33.6 Å². The molecule has 0 aliphatic rings. The number of pyridine rings is 2.